The fourth-order valence-corrected chi connectivity index (χ4v) is 13.7. The van der Waals surface area contributed by atoms with Gasteiger partial charge in [0.1, 0.15) is 6.10 Å². The number of rotatable bonds is 13. The summed E-state index contributed by atoms with van der Waals surface area (Å²) in [6, 6.07) is 10.5. The summed E-state index contributed by atoms with van der Waals surface area (Å²) in [4.78, 5) is 24.1. The molecule has 0 heterocycles. The van der Waals surface area contributed by atoms with Crippen LogP contribution in [0.4, 0.5) is 0 Å². The van der Waals surface area contributed by atoms with Crippen LogP contribution in [-0.4, -0.2) is 24.6 Å². The number of amides is 1. The minimum Gasteiger partial charge on any atom is -0.462 e. The summed E-state index contributed by atoms with van der Waals surface area (Å²) < 4.78 is 12.6. The van der Waals surface area contributed by atoms with Crippen molar-refractivity contribution in [1.82, 2.24) is 0 Å². The molecule has 0 spiro atoms. The predicted octanol–water partition coefficient (Wildman–Crippen LogP) is 10.6. The Morgan fingerprint density at radius 3 is 2.22 bits per heavy atom. The average Bonchev–Trinajstić information content (AvgIpc) is 3.42. The van der Waals surface area contributed by atoms with Crippen molar-refractivity contribution < 1.29 is 19.1 Å². The Kier molecular flexibility index (Phi) is 10.8. The third kappa shape index (κ3) is 6.64. The fraction of sp³-hybridized carbons (Fsp3) is 0.778. The molecular weight excluding hydrogens is 618 g/mol. The number of nitrogens with two attached hydrogens (primary N) is 1. The summed E-state index contributed by atoms with van der Waals surface area (Å²) in [5.41, 5.74) is 9.11. The molecule has 0 saturated heterocycles. The fourth-order valence-electron chi connectivity index (χ4n) is 13.7. The van der Waals surface area contributed by atoms with E-state index in [9.17, 15) is 9.59 Å². The zero-order chi connectivity index (χ0) is 36.0. The maximum Gasteiger partial charge on any atom is 0.306 e. The average molecular weight is 688 g/mol. The first-order valence-electron chi connectivity index (χ1n) is 20.4. The summed E-state index contributed by atoms with van der Waals surface area (Å²) in [7, 11) is 0. The van der Waals surface area contributed by atoms with Crippen molar-refractivity contribution in [3.05, 3.63) is 48.0 Å². The maximum atomic E-state index is 13.1. The third-order valence-electron chi connectivity index (χ3n) is 16.5. The van der Waals surface area contributed by atoms with Gasteiger partial charge in [-0.2, -0.15) is 0 Å². The van der Waals surface area contributed by atoms with Gasteiger partial charge in [0.15, 0.2) is 0 Å². The van der Waals surface area contributed by atoms with Gasteiger partial charge in [0.05, 0.1) is 13.2 Å². The van der Waals surface area contributed by atoms with Crippen LogP contribution in [0.5, 0.6) is 0 Å². The first kappa shape index (κ1) is 37.6. The largest absolute Gasteiger partial charge is 0.462 e. The van der Waals surface area contributed by atoms with Gasteiger partial charge in [-0.1, -0.05) is 91.3 Å². The number of unbranched alkanes of at least 4 members (excludes halogenated alkanes) is 3. The Bertz CT molecular complexity index is 1390. The highest BCUT2D eigenvalue weighted by Gasteiger charge is 2.70. The minimum absolute atomic E-state index is 0.0102. The number of hydrogen-bond acceptors (Lipinski definition) is 4. The first-order chi connectivity index (χ1) is 23.7. The van der Waals surface area contributed by atoms with Gasteiger partial charge < -0.3 is 15.2 Å². The highest BCUT2D eigenvalue weighted by molar-refractivity contribution is 5.73. The normalized spacial score (nSPS) is 40.1. The number of benzene rings is 1. The van der Waals surface area contributed by atoms with Crippen molar-refractivity contribution in [1.29, 1.82) is 0 Å². The van der Waals surface area contributed by atoms with Crippen molar-refractivity contribution in [2.24, 2.45) is 62.4 Å². The molecular formula is C45H69NO4. The van der Waals surface area contributed by atoms with Crippen molar-refractivity contribution in [2.75, 3.05) is 6.61 Å². The highest BCUT2D eigenvalue weighted by atomic mass is 16.5. The summed E-state index contributed by atoms with van der Waals surface area (Å²) in [6.45, 7) is 21.6. The van der Waals surface area contributed by atoms with Gasteiger partial charge in [-0.3, -0.25) is 9.59 Å². The number of carbonyl (C=O) groups excluding carboxylic acids is 2. The molecule has 5 aliphatic rings. The lowest BCUT2D eigenvalue weighted by molar-refractivity contribution is -0.249. The molecule has 5 fully saturated rings. The number of ether oxygens (including phenoxy) is 2. The Balaban J connectivity index is 1.12. The van der Waals surface area contributed by atoms with Gasteiger partial charge in [0.2, 0.25) is 5.91 Å². The molecule has 5 heteroatoms. The molecule has 1 aromatic rings. The van der Waals surface area contributed by atoms with E-state index in [1.165, 1.54) is 62.5 Å². The van der Waals surface area contributed by atoms with E-state index in [0.29, 0.717) is 66.0 Å². The van der Waals surface area contributed by atoms with Crippen LogP contribution in [0.2, 0.25) is 0 Å². The minimum atomic E-state index is -0.243. The molecule has 5 saturated carbocycles. The Hall–Kier alpha value is -2.14. The van der Waals surface area contributed by atoms with E-state index in [1.54, 1.807) is 0 Å². The highest BCUT2D eigenvalue weighted by Crippen LogP contribution is 2.77. The molecule has 0 bridgehead atoms. The third-order valence-corrected chi connectivity index (χ3v) is 16.5. The SMILES string of the molecule is C=C(COCc1ccccc1)[C@@H]1CC[C@]2(C)CC[C@]3(C)[C@H](CC[C@@H]4[C@@]5(C)CC[C@H](OC(=O)CCCCCCC(N)=O)C(C)(C)[C@@H]5CC[C@]43C)[C@@H]12. The van der Waals surface area contributed by atoms with Crippen LogP contribution in [0.1, 0.15) is 150 Å². The number of fused-ring (bicyclic) bond motifs is 7. The van der Waals surface area contributed by atoms with Crippen LogP contribution in [0.25, 0.3) is 0 Å². The number of primary amides is 1. The van der Waals surface area contributed by atoms with Crippen LogP contribution in [-0.2, 0) is 25.7 Å². The standard InChI is InChI=1S/C45H69NO4/c1-31(29-49-30-32-15-11-10-12-16-32)33-21-24-42(4)27-28-44(6)34(40(33)42)19-20-36-43(5)25-23-37(41(2,3)35(43)22-26-45(36,44)7)50-39(48)18-14-9-8-13-17-38(46)47/h10-12,15-16,33-37,40H,1,8-9,13-14,17-30H2,2-7H3,(H2,46,47)/t33-,34+,35-,36+,37-,40+,42+,43-,44+,45+/m0/s1. The van der Waals surface area contributed by atoms with Gasteiger partial charge >= 0.3 is 5.97 Å². The second kappa shape index (κ2) is 14.4. The second-order valence-corrected chi connectivity index (χ2v) is 19.3. The number of carbonyl (C=O) groups is 2. The van der Waals surface area contributed by atoms with Crippen LogP contribution in [0.15, 0.2) is 42.5 Å². The van der Waals surface area contributed by atoms with E-state index >= 15 is 0 Å². The summed E-state index contributed by atoms with van der Waals surface area (Å²) in [5, 5.41) is 0. The predicted molar refractivity (Wildman–Crippen MR) is 202 cm³/mol. The molecule has 0 aliphatic heterocycles. The summed E-state index contributed by atoms with van der Waals surface area (Å²) in [5.74, 6) is 2.98. The topological polar surface area (TPSA) is 78.6 Å². The van der Waals surface area contributed by atoms with Crippen LogP contribution >= 0.6 is 0 Å². The quantitative estimate of drug-likeness (QED) is 0.127. The van der Waals surface area contributed by atoms with Gasteiger partial charge in [-0.25, -0.2) is 0 Å². The zero-order valence-electron chi connectivity index (χ0n) is 32.5. The van der Waals surface area contributed by atoms with Crippen LogP contribution < -0.4 is 5.73 Å². The van der Waals surface area contributed by atoms with Crippen LogP contribution in [0.3, 0.4) is 0 Å². The smallest absolute Gasteiger partial charge is 0.306 e. The van der Waals surface area contributed by atoms with Crippen molar-refractivity contribution in [3.63, 3.8) is 0 Å². The molecule has 10 atom stereocenters. The molecule has 50 heavy (non-hydrogen) atoms. The Morgan fingerprint density at radius 1 is 0.780 bits per heavy atom. The van der Waals surface area contributed by atoms with Gasteiger partial charge in [-0.05, 0) is 139 Å². The van der Waals surface area contributed by atoms with E-state index in [-0.39, 0.29) is 28.8 Å². The molecule has 0 unspecified atom stereocenters. The monoisotopic (exact) mass is 688 g/mol. The van der Waals surface area contributed by atoms with E-state index in [0.717, 1.165) is 44.4 Å². The van der Waals surface area contributed by atoms with Gasteiger partial charge in [-0.15, -0.1) is 0 Å². The molecule has 1 aromatic carbocycles. The first-order valence-corrected chi connectivity index (χ1v) is 20.4. The molecule has 1 amide bonds. The van der Waals surface area contributed by atoms with Crippen molar-refractivity contribution in [3.8, 4) is 0 Å². The van der Waals surface area contributed by atoms with E-state index < -0.39 is 0 Å². The van der Waals surface area contributed by atoms with E-state index in [2.05, 4.69) is 71.9 Å². The Morgan fingerprint density at radius 2 is 1.50 bits per heavy atom. The molecule has 5 nitrogen and oxygen atoms in total. The van der Waals surface area contributed by atoms with E-state index in [4.69, 9.17) is 21.8 Å². The van der Waals surface area contributed by atoms with Gasteiger partial charge in [0.25, 0.3) is 0 Å². The zero-order valence-corrected chi connectivity index (χ0v) is 32.5. The number of hydrogen-bond donors (Lipinski definition) is 1. The van der Waals surface area contributed by atoms with Crippen molar-refractivity contribution in [2.45, 2.75) is 157 Å². The molecule has 278 valence electrons. The van der Waals surface area contributed by atoms with E-state index in [1.807, 2.05) is 0 Å². The van der Waals surface area contributed by atoms with Gasteiger partial charge in [0, 0.05) is 18.3 Å². The molecule has 0 aromatic heterocycles. The molecule has 0 radical (unpaired) electrons. The van der Waals surface area contributed by atoms with Crippen molar-refractivity contribution >= 4 is 11.9 Å². The Labute approximate surface area is 304 Å². The second-order valence-electron chi connectivity index (χ2n) is 19.3. The summed E-state index contributed by atoms with van der Waals surface area (Å²) in [6.07, 6.45) is 17.0. The molecule has 5 aliphatic carbocycles. The van der Waals surface area contributed by atoms with Crippen LogP contribution in [0, 0.1) is 56.7 Å². The number of esters is 1. The molecule has 6 rings (SSSR count). The lowest BCUT2D eigenvalue weighted by Crippen LogP contribution is -2.66. The lowest BCUT2D eigenvalue weighted by Gasteiger charge is -2.73. The summed E-state index contributed by atoms with van der Waals surface area (Å²) >= 11 is 0. The lowest BCUT2D eigenvalue weighted by atomic mass is 9.32. The maximum absolute atomic E-state index is 13.1. The molecule has 2 N–H and O–H groups in total.